The first-order valence-electron chi connectivity index (χ1n) is 7.73. The Bertz CT molecular complexity index is 563. The number of hydrogen-bond donors (Lipinski definition) is 2. The van der Waals surface area contributed by atoms with Crippen molar-refractivity contribution in [3.63, 3.8) is 0 Å². The maximum absolute atomic E-state index is 11.8. The van der Waals surface area contributed by atoms with Crippen LogP contribution in [-0.2, 0) is 4.79 Å². The molecule has 1 fully saturated rings. The molecule has 0 aliphatic heterocycles. The highest BCUT2D eigenvalue weighted by Gasteiger charge is 2.16. The Morgan fingerprint density at radius 3 is 2.74 bits per heavy atom. The molecule has 7 heteroatoms. The standard InChI is InChI=1S/C16H20Cl2N2O2S/c17-11-7-8-14(13(18)10-11)22-9-3-6-15(21)20-16(23)19-12-4-1-2-5-12/h7-8,10,12H,1-6,9H2,(H2,19,20,21,23). The van der Waals surface area contributed by atoms with Crippen LogP contribution in [-0.4, -0.2) is 23.7 Å². The van der Waals surface area contributed by atoms with Crippen LogP contribution in [0.2, 0.25) is 10.0 Å². The van der Waals surface area contributed by atoms with E-state index in [-0.39, 0.29) is 5.91 Å². The van der Waals surface area contributed by atoms with Gasteiger partial charge in [0, 0.05) is 17.5 Å². The Morgan fingerprint density at radius 2 is 2.04 bits per heavy atom. The topological polar surface area (TPSA) is 50.4 Å². The van der Waals surface area contributed by atoms with Gasteiger partial charge in [0.15, 0.2) is 5.11 Å². The van der Waals surface area contributed by atoms with E-state index in [9.17, 15) is 4.79 Å². The van der Waals surface area contributed by atoms with Gasteiger partial charge in [-0.3, -0.25) is 4.79 Å². The largest absolute Gasteiger partial charge is 0.492 e. The number of halogens is 2. The first-order chi connectivity index (χ1) is 11.0. The summed E-state index contributed by atoms with van der Waals surface area (Å²) in [7, 11) is 0. The minimum atomic E-state index is -0.105. The fraction of sp³-hybridized carbons (Fsp3) is 0.500. The van der Waals surface area contributed by atoms with E-state index in [2.05, 4.69) is 10.6 Å². The van der Waals surface area contributed by atoms with Crippen LogP contribution in [0.3, 0.4) is 0 Å². The van der Waals surface area contributed by atoms with Crippen LogP contribution in [0.4, 0.5) is 0 Å². The Balaban J connectivity index is 1.61. The van der Waals surface area contributed by atoms with Crippen LogP contribution < -0.4 is 15.4 Å². The van der Waals surface area contributed by atoms with Crippen molar-refractivity contribution < 1.29 is 9.53 Å². The Hall–Kier alpha value is -1.04. The summed E-state index contributed by atoms with van der Waals surface area (Å²) in [6.45, 7) is 0.400. The zero-order chi connectivity index (χ0) is 16.7. The first kappa shape index (κ1) is 18.3. The van der Waals surface area contributed by atoms with Gasteiger partial charge >= 0.3 is 0 Å². The lowest BCUT2D eigenvalue weighted by molar-refractivity contribution is -0.119. The predicted octanol–water partition coefficient (Wildman–Crippen LogP) is 4.09. The molecule has 1 aromatic carbocycles. The number of carbonyl (C=O) groups is 1. The van der Waals surface area contributed by atoms with Crippen molar-refractivity contribution >= 4 is 46.4 Å². The maximum Gasteiger partial charge on any atom is 0.226 e. The average molecular weight is 375 g/mol. The van der Waals surface area contributed by atoms with Gasteiger partial charge in [-0.15, -0.1) is 0 Å². The summed E-state index contributed by atoms with van der Waals surface area (Å²) in [5, 5.41) is 7.33. The van der Waals surface area contributed by atoms with Gasteiger partial charge in [0.1, 0.15) is 5.75 Å². The summed E-state index contributed by atoms with van der Waals surface area (Å²) < 4.78 is 5.54. The highest BCUT2D eigenvalue weighted by Crippen LogP contribution is 2.27. The molecular weight excluding hydrogens is 355 g/mol. The fourth-order valence-corrected chi connectivity index (χ4v) is 3.23. The van der Waals surface area contributed by atoms with Crippen LogP contribution in [0.5, 0.6) is 5.75 Å². The highest BCUT2D eigenvalue weighted by atomic mass is 35.5. The SMILES string of the molecule is O=C(CCCOc1ccc(Cl)cc1Cl)NC(=S)NC1CCCC1. The van der Waals surface area contributed by atoms with Crippen molar-refractivity contribution in [2.24, 2.45) is 0 Å². The summed E-state index contributed by atoms with van der Waals surface area (Å²) in [6.07, 6.45) is 5.60. The molecular formula is C16H20Cl2N2O2S. The number of hydrogen-bond acceptors (Lipinski definition) is 3. The molecule has 126 valence electrons. The second kappa shape index (κ2) is 9.30. The summed E-state index contributed by atoms with van der Waals surface area (Å²) in [4.78, 5) is 11.8. The van der Waals surface area contributed by atoms with Crippen LogP contribution >= 0.6 is 35.4 Å². The lowest BCUT2D eigenvalue weighted by Crippen LogP contribution is -2.43. The van der Waals surface area contributed by atoms with E-state index >= 15 is 0 Å². The van der Waals surface area contributed by atoms with E-state index in [1.165, 1.54) is 12.8 Å². The summed E-state index contributed by atoms with van der Waals surface area (Å²) in [5.74, 6) is 0.459. The van der Waals surface area contributed by atoms with Crippen molar-refractivity contribution in [3.05, 3.63) is 28.2 Å². The minimum absolute atomic E-state index is 0.105. The van der Waals surface area contributed by atoms with Gasteiger partial charge in [-0.2, -0.15) is 0 Å². The monoisotopic (exact) mass is 374 g/mol. The molecule has 1 amide bonds. The zero-order valence-corrected chi connectivity index (χ0v) is 15.1. The third kappa shape index (κ3) is 6.53. The van der Waals surface area contributed by atoms with Gasteiger partial charge in [-0.25, -0.2) is 0 Å². The summed E-state index contributed by atoms with van der Waals surface area (Å²) >= 11 is 17.0. The molecule has 1 saturated carbocycles. The van der Waals surface area contributed by atoms with Crippen LogP contribution in [0.15, 0.2) is 18.2 Å². The molecule has 2 N–H and O–H groups in total. The molecule has 0 unspecified atom stereocenters. The quantitative estimate of drug-likeness (QED) is 0.581. The van der Waals surface area contributed by atoms with Crippen LogP contribution in [0, 0.1) is 0 Å². The number of amides is 1. The lowest BCUT2D eigenvalue weighted by Gasteiger charge is -2.15. The van der Waals surface area contributed by atoms with Gasteiger partial charge in [-0.05, 0) is 49.7 Å². The Labute approximate surface area is 151 Å². The molecule has 0 spiro atoms. The first-order valence-corrected chi connectivity index (χ1v) is 8.89. The minimum Gasteiger partial charge on any atom is -0.492 e. The Morgan fingerprint density at radius 1 is 1.30 bits per heavy atom. The smallest absolute Gasteiger partial charge is 0.226 e. The van der Waals surface area contributed by atoms with Crippen molar-refractivity contribution in [1.82, 2.24) is 10.6 Å². The van der Waals surface area contributed by atoms with E-state index in [1.807, 2.05) is 0 Å². The van der Waals surface area contributed by atoms with Gasteiger partial charge < -0.3 is 15.4 Å². The Kier molecular flexibility index (Phi) is 7.40. The third-order valence-electron chi connectivity index (χ3n) is 3.64. The molecule has 0 heterocycles. The van der Waals surface area contributed by atoms with Crippen molar-refractivity contribution in [2.45, 2.75) is 44.6 Å². The van der Waals surface area contributed by atoms with E-state index in [0.717, 1.165) is 12.8 Å². The van der Waals surface area contributed by atoms with Gasteiger partial charge in [-0.1, -0.05) is 36.0 Å². The number of rotatable bonds is 6. The second-order valence-corrected chi connectivity index (χ2v) is 6.78. The van der Waals surface area contributed by atoms with Crippen LogP contribution in [0.1, 0.15) is 38.5 Å². The molecule has 23 heavy (non-hydrogen) atoms. The summed E-state index contributed by atoms with van der Waals surface area (Å²) in [6, 6.07) is 5.45. The molecule has 0 saturated heterocycles. The van der Waals surface area contributed by atoms with Crippen molar-refractivity contribution in [2.75, 3.05) is 6.61 Å². The molecule has 0 atom stereocenters. The predicted molar refractivity (Wildman–Crippen MR) is 97.3 cm³/mol. The third-order valence-corrected chi connectivity index (χ3v) is 4.39. The van der Waals surface area contributed by atoms with Gasteiger partial charge in [0.2, 0.25) is 5.91 Å². The second-order valence-electron chi connectivity index (χ2n) is 5.53. The number of benzene rings is 1. The molecule has 1 aromatic rings. The summed E-state index contributed by atoms with van der Waals surface area (Å²) in [5.41, 5.74) is 0. The van der Waals surface area contributed by atoms with E-state index in [0.29, 0.717) is 46.4 Å². The van der Waals surface area contributed by atoms with Crippen LogP contribution in [0.25, 0.3) is 0 Å². The number of carbonyl (C=O) groups excluding carboxylic acids is 1. The number of ether oxygens (including phenoxy) is 1. The fourth-order valence-electron chi connectivity index (χ4n) is 2.49. The zero-order valence-electron chi connectivity index (χ0n) is 12.7. The number of thiocarbonyl (C=S) groups is 1. The molecule has 2 rings (SSSR count). The van der Waals surface area contributed by atoms with E-state index in [1.54, 1.807) is 18.2 Å². The van der Waals surface area contributed by atoms with Crippen molar-refractivity contribution in [1.29, 1.82) is 0 Å². The van der Waals surface area contributed by atoms with E-state index < -0.39 is 0 Å². The average Bonchev–Trinajstić information content (AvgIpc) is 2.98. The van der Waals surface area contributed by atoms with E-state index in [4.69, 9.17) is 40.2 Å². The normalized spacial score (nSPS) is 14.5. The van der Waals surface area contributed by atoms with Gasteiger partial charge in [0.25, 0.3) is 0 Å². The molecule has 4 nitrogen and oxygen atoms in total. The van der Waals surface area contributed by atoms with Crippen molar-refractivity contribution in [3.8, 4) is 5.75 Å². The molecule has 0 aromatic heterocycles. The lowest BCUT2D eigenvalue weighted by atomic mass is 10.2. The highest BCUT2D eigenvalue weighted by molar-refractivity contribution is 7.80. The molecule has 0 bridgehead atoms. The maximum atomic E-state index is 11.8. The molecule has 0 radical (unpaired) electrons. The molecule has 1 aliphatic carbocycles. The number of nitrogens with one attached hydrogen (secondary N) is 2. The van der Waals surface area contributed by atoms with Gasteiger partial charge in [0.05, 0.1) is 11.6 Å². The molecule has 1 aliphatic rings.